The lowest BCUT2D eigenvalue weighted by atomic mass is 10.4. The molecule has 0 aliphatic rings. The molecule has 0 amide bonds. The van der Waals surface area contributed by atoms with Gasteiger partial charge >= 0.3 is 5.97 Å². The van der Waals surface area contributed by atoms with Crippen LogP contribution >= 0.6 is 0 Å². The van der Waals surface area contributed by atoms with Crippen molar-refractivity contribution >= 4 is 16.0 Å². The predicted molar refractivity (Wildman–Crippen MR) is 63.5 cm³/mol. The monoisotopic (exact) mass is 274 g/mol. The highest BCUT2D eigenvalue weighted by Crippen LogP contribution is 2.11. The SMILES string of the molecule is COC(=O)CCN(C)S(=O)(=O)c1ccc(=O)[nH]c1. The summed E-state index contributed by atoms with van der Waals surface area (Å²) in [4.78, 5) is 24.0. The molecule has 1 rings (SSSR count). The largest absolute Gasteiger partial charge is 0.469 e. The normalized spacial score (nSPS) is 11.5. The summed E-state index contributed by atoms with van der Waals surface area (Å²) in [5, 5.41) is 0. The lowest BCUT2D eigenvalue weighted by molar-refractivity contribution is -0.140. The molecule has 0 aromatic carbocycles. The van der Waals surface area contributed by atoms with E-state index in [-0.39, 0.29) is 23.4 Å². The van der Waals surface area contributed by atoms with E-state index in [0.717, 1.165) is 16.6 Å². The number of esters is 1. The van der Waals surface area contributed by atoms with Gasteiger partial charge < -0.3 is 9.72 Å². The fraction of sp³-hybridized carbons (Fsp3) is 0.400. The molecular weight excluding hydrogens is 260 g/mol. The van der Waals surface area contributed by atoms with Crippen LogP contribution in [0.2, 0.25) is 0 Å². The molecule has 0 bridgehead atoms. The molecule has 1 heterocycles. The summed E-state index contributed by atoms with van der Waals surface area (Å²) in [7, 11) is -1.12. The van der Waals surface area contributed by atoms with E-state index in [2.05, 4.69) is 9.72 Å². The van der Waals surface area contributed by atoms with Crippen LogP contribution in [0.1, 0.15) is 6.42 Å². The van der Waals surface area contributed by atoms with Crippen LogP contribution in [0.3, 0.4) is 0 Å². The number of carbonyl (C=O) groups excluding carboxylic acids is 1. The molecule has 0 fully saturated rings. The van der Waals surface area contributed by atoms with E-state index in [1.807, 2.05) is 0 Å². The van der Waals surface area contributed by atoms with Gasteiger partial charge in [0.15, 0.2) is 0 Å². The molecule has 0 atom stereocenters. The Balaban J connectivity index is 2.83. The third kappa shape index (κ3) is 3.41. The molecule has 0 saturated carbocycles. The Hall–Kier alpha value is -1.67. The number of hydrogen-bond donors (Lipinski definition) is 1. The van der Waals surface area contributed by atoms with Crippen molar-refractivity contribution in [1.82, 2.24) is 9.29 Å². The number of nitrogens with one attached hydrogen (secondary N) is 1. The van der Waals surface area contributed by atoms with Gasteiger partial charge in [0.05, 0.1) is 18.4 Å². The third-order valence-electron chi connectivity index (χ3n) is 2.32. The summed E-state index contributed by atoms with van der Waals surface area (Å²) in [6.45, 7) is 0.00807. The zero-order valence-corrected chi connectivity index (χ0v) is 10.9. The molecule has 0 spiro atoms. The van der Waals surface area contributed by atoms with Crippen LogP contribution in [0.4, 0.5) is 0 Å². The number of aromatic nitrogens is 1. The fourth-order valence-electron chi connectivity index (χ4n) is 1.21. The second-order valence-electron chi connectivity index (χ2n) is 3.54. The average molecular weight is 274 g/mol. The van der Waals surface area contributed by atoms with Gasteiger partial charge in [0.25, 0.3) is 0 Å². The van der Waals surface area contributed by atoms with Crippen molar-refractivity contribution in [3.63, 3.8) is 0 Å². The molecule has 0 radical (unpaired) electrons. The first-order valence-corrected chi connectivity index (χ1v) is 6.54. The first-order chi connectivity index (χ1) is 8.37. The number of methoxy groups -OCH3 is 1. The van der Waals surface area contributed by atoms with Crippen LogP contribution in [0, 0.1) is 0 Å². The Morgan fingerprint density at radius 3 is 2.61 bits per heavy atom. The molecule has 7 nitrogen and oxygen atoms in total. The van der Waals surface area contributed by atoms with Crippen LogP contribution in [-0.4, -0.2) is 44.4 Å². The van der Waals surface area contributed by atoms with Crippen molar-refractivity contribution < 1.29 is 17.9 Å². The van der Waals surface area contributed by atoms with Gasteiger partial charge in [-0.3, -0.25) is 9.59 Å². The Morgan fingerprint density at radius 1 is 1.44 bits per heavy atom. The average Bonchev–Trinajstić information content (AvgIpc) is 2.35. The van der Waals surface area contributed by atoms with Crippen LogP contribution in [0.5, 0.6) is 0 Å². The van der Waals surface area contributed by atoms with E-state index in [0.29, 0.717) is 0 Å². The highest BCUT2D eigenvalue weighted by Gasteiger charge is 2.21. The third-order valence-corrected chi connectivity index (χ3v) is 4.18. The van der Waals surface area contributed by atoms with Crippen molar-refractivity contribution in [1.29, 1.82) is 0 Å². The van der Waals surface area contributed by atoms with Gasteiger partial charge in [-0.05, 0) is 6.07 Å². The van der Waals surface area contributed by atoms with Gasteiger partial charge in [0.1, 0.15) is 0 Å². The number of pyridine rings is 1. The molecule has 0 unspecified atom stereocenters. The molecule has 100 valence electrons. The van der Waals surface area contributed by atoms with E-state index >= 15 is 0 Å². The van der Waals surface area contributed by atoms with Crippen molar-refractivity contribution in [3.8, 4) is 0 Å². The van der Waals surface area contributed by atoms with E-state index in [9.17, 15) is 18.0 Å². The second-order valence-corrected chi connectivity index (χ2v) is 5.59. The number of hydrogen-bond acceptors (Lipinski definition) is 5. The van der Waals surface area contributed by atoms with E-state index in [1.165, 1.54) is 20.2 Å². The van der Waals surface area contributed by atoms with E-state index in [4.69, 9.17) is 0 Å². The standard InChI is InChI=1S/C10H14N2O5S/c1-12(6-5-10(14)17-2)18(15,16)8-3-4-9(13)11-7-8/h3-4,7H,5-6H2,1-2H3,(H,11,13). The summed E-state index contributed by atoms with van der Waals surface area (Å²) in [6.07, 6.45) is 1.09. The Labute approximate surface area is 104 Å². The second kappa shape index (κ2) is 5.78. The van der Waals surface area contributed by atoms with Crippen molar-refractivity contribution in [2.45, 2.75) is 11.3 Å². The lowest BCUT2D eigenvalue weighted by Gasteiger charge is -2.16. The molecule has 18 heavy (non-hydrogen) atoms. The minimum atomic E-state index is -3.70. The van der Waals surface area contributed by atoms with Gasteiger partial charge in [-0.25, -0.2) is 12.7 Å². The maximum atomic E-state index is 12.0. The van der Waals surface area contributed by atoms with Gasteiger partial charge in [-0.2, -0.15) is 0 Å². The molecule has 0 aliphatic heterocycles. The number of rotatable bonds is 5. The Bertz CT molecular complexity index is 558. The summed E-state index contributed by atoms with van der Waals surface area (Å²) < 4.78 is 29.4. The first kappa shape index (κ1) is 14.4. The van der Waals surface area contributed by atoms with Crippen LogP contribution in [-0.2, 0) is 19.6 Å². The number of sulfonamides is 1. The zero-order chi connectivity index (χ0) is 13.8. The highest BCUT2D eigenvalue weighted by molar-refractivity contribution is 7.89. The Morgan fingerprint density at radius 2 is 2.11 bits per heavy atom. The first-order valence-electron chi connectivity index (χ1n) is 5.10. The molecular formula is C10H14N2O5S. The van der Waals surface area contributed by atoms with Gasteiger partial charge in [-0.1, -0.05) is 0 Å². The smallest absolute Gasteiger partial charge is 0.306 e. The lowest BCUT2D eigenvalue weighted by Crippen LogP contribution is -2.29. The molecule has 1 aromatic heterocycles. The van der Waals surface area contributed by atoms with Crippen molar-refractivity contribution in [3.05, 3.63) is 28.7 Å². The van der Waals surface area contributed by atoms with Crippen molar-refractivity contribution in [2.24, 2.45) is 0 Å². The summed E-state index contributed by atoms with van der Waals surface area (Å²) in [5.74, 6) is -0.487. The number of nitrogens with zero attached hydrogens (tertiary/aromatic N) is 1. The minimum Gasteiger partial charge on any atom is -0.469 e. The van der Waals surface area contributed by atoms with Gasteiger partial charge in [0, 0.05) is 25.9 Å². The molecule has 0 aliphatic carbocycles. The van der Waals surface area contributed by atoms with E-state index < -0.39 is 16.0 Å². The fourth-order valence-corrected chi connectivity index (χ4v) is 2.35. The zero-order valence-electron chi connectivity index (χ0n) is 10.0. The molecule has 8 heteroatoms. The van der Waals surface area contributed by atoms with E-state index in [1.54, 1.807) is 0 Å². The van der Waals surface area contributed by atoms with Crippen molar-refractivity contribution in [2.75, 3.05) is 20.7 Å². The maximum Gasteiger partial charge on any atom is 0.306 e. The maximum absolute atomic E-state index is 12.0. The number of aromatic amines is 1. The van der Waals surface area contributed by atoms with Gasteiger partial charge in [0.2, 0.25) is 15.6 Å². The topological polar surface area (TPSA) is 96.5 Å². The minimum absolute atomic E-state index is 0.00807. The van der Waals surface area contributed by atoms with Gasteiger partial charge in [-0.15, -0.1) is 0 Å². The number of ether oxygens (including phenoxy) is 1. The summed E-state index contributed by atoms with van der Waals surface area (Å²) in [6, 6.07) is 2.34. The Kier molecular flexibility index (Phi) is 4.62. The molecule has 0 saturated heterocycles. The molecule has 1 aromatic rings. The van der Waals surface area contributed by atoms with Crippen LogP contribution in [0.15, 0.2) is 28.0 Å². The van der Waals surface area contributed by atoms with Crippen LogP contribution < -0.4 is 5.56 Å². The number of carbonyl (C=O) groups is 1. The summed E-state index contributed by atoms with van der Waals surface area (Å²) in [5.41, 5.74) is -0.383. The van der Waals surface area contributed by atoms with Crippen LogP contribution in [0.25, 0.3) is 0 Å². The highest BCUT2D eigenvalue weighted by atomic mass is 32.2. The predicted octanol–water partition coefficient (Wildman–Crippen LogP) is -0.442. The summed E-state index contributed by atoms with van der Waals surface area (Å²) >= 11 is 0. The number of H-pyrrole nitrogens is 1. The quantitative estimate of drug-likeness (QED) is 0.734. The molecule has 1 N–H and O–H groups in total.